The summed E-state index contributed by atoms with van der Waals surface area (Å²) in [5.41, 5.74) is 2.31. The van der Waals surface area contributed by atoms with Gasteiger partial charge in [0.05, 0.1) is 5.69 Å². The van der Waals surface area contributed by atoms with Gasteiger partial charge in [-0.2, -0.15) is 0 Å². The van der Waals surface area contributed by atoms with E-state index in [2.05, 4.69) is 52.5 Å². The van der Waals surface area contributed by atoms with E-state index in [4.69, 9.17) is 0 Å². The second-order valence-corrected chi connectivity index (χ2v) is 6.20. The molecule has 0 aliphatic carbocycles. The molecular weight excluding hydrogens is 268 g/mol. The molecule has 4 nitrogen and oxygen atoms in total. The third-order valence-electron chi connectivity index (χ3n) is 2.87. The maximum Gasteiger partial charge on any atom is 0.185 e. The fourth-order valence-corrected chi connectivity index (χ4v) is 2.67. The van der Waals surface area contributed by atoms with Gasteiger partial charge < -0.3 is 10.2 Å². The van der Waals surface area contributed by atoms with E-state index in [0.717, 1.165) is 30.5 Å². The highest BCUT2D eigenvalue weighted by atomic mass is 32.1. The van der Waals surface area contributed by atoms with Crippen LogP contribution < -0.4 is 10.2 Å². The third-order valence-corrected chi connectivity index (χ3v) is 3.87. The SMILES string of the molecule is CC(C)CNCc1csc(N(C)Cc2cccnc2)n1. The van der Waals surface area contributed by atoms with Crippen LogP contribution in [0.4, 0.5) is 5.13 Å². The number of hydrogen-bond acceptors (Lipinski definition) is 5. The van der Waals surface area contributed by atoms with Crippen LogP contribution in [0.15, 0.2) is 29.9 Å². The average Bonchev–Trinajstić information content (AvgIpc) is 2.88. The lowest BCUT2D eigenvalue weighted by molar-refractivity contribution is 0.549. The number of nitrogens with zero attached hydrogens (tertiary/aromatic N) is 3. The van der Waals surface area contributed by atoms with Gasteiger partial charge in [-0.15, -0.1) is 11.3 Å². The van der Waals surface area contributed by atoms with Crippen molar-refractivity contribution in [2.75, 3.05) is 18.5 Å². The average molecular weight is 290 g/mol. The topological polar surface area (TPSA) is 41.0 Å². The summed E-state index contributed by atoms with van der Waals surface area (Å²) in [5.74, 6) is 0.668. The van der Waals surface area contributed by atoms with E-state index in [-0.39, 0.29) is 0 Å². The van der Waals surface area contributed by atoms with Crippen LogP contribution in [0.2, 0.25) is 0 Å². The molecule has 2 rings (SSSR count). The van der Waals surface area contributed by atoms with Gasteiger partial charge in [0.2, 0.25) is 0 Å². The molecule has 1 N–H and O–H groups in total. The molecule has 0 bridgehead atoms. The minimum Gasteiger partial charge on any atom is -0.347 e. The molecule has 0 aliphatic rings. The van der Waals surface area contributed by atoms with E-state index in [1.807, 2.05) is 12.3 Å². The lowest BCUT2D eigenvalue weighted by Crippen LogP contribution is -2.19. The van der Waals surface area contributed by atoms with Gasteiger partial charge in [-0.1, -0.05) is 19.9 Å². The number of nitrogens with one attached hydrogen (secondary N) is 1. The number of thiazole rings is 1. The molecule has 0 spiro atoms. The lowest BCUT2D eigenvalue weighted by atomic mass is 10.2. The molecule has 0 unspecified atom stereocenters. The fourth-order valence-electron chi connectivity index (χ4n) is 1.87. The summed E-state index contributed by atoms with van der Waals surface area (Å²) in [7, 11) is 2.07. The molecule has 0 radical (unpaired) electrons. The van der Waals surface area contributed by atoms with Crippen LogP contribution in [0.3, 0.4) is 0 Å². The van der Waals surface area contributed by atoms with Crippen molar-refractivity contribution < 1.29 is 0 Å². The maximum atomic E-state index is 4.66. The Bertz CT molecular complexity index is 510. The normalized spacial score (nSPS) is 11.0. The molecule has 0 aromatic carbocycles. The quantitative estimate of drug-likeness (QED) is 0.851. The van der Waals surface area contributed by atoms with Crippen LogP contribution in [-0.2, 0) is 13.1 Å². The van der Waals surface area contributed by atoms with Crippen LogP contribution in [0.25, 0.3) is 0 Å². The smallest absolute Gasteiger partial charge is 0.185 e. The van der Waals surface area contributed by atoms with Gasteiger partial charge in [0.15, 0.2) is 5.13 Å². The van der Waals surface area contributed by atoms with Gasteiger partial charge in [0.1, 0.15) is 0 Å². The van der Waals surface area contributed by atoms with Crippen LogP contribution >= 0.6 is 11.3 Å². The standard InChI is InChI=1S/C15H22N4S/c1-12(2)7-17-9-14-11-20-15(18-14)19(3)10-13-5-4-6-16-8-13/h4-6,8,11-12,17H,7,9-10H2,1-3H3. The highest BCUT2D eigenvalue weighted by Crippen LogP contribution is 2.20. The Balaban J connectivity index is 1.88. The lowest BCUT2D eigenvalue weighted by Gasteiger charge is -2.15. The minimum atomic E-state index is 0.668. The maximum absolute atomic E-state index is 4.66. The van der Waals surface area contributed by atoms with Gasteiger partial charge in [0.25, 0.3) is 0 Å². The summed E-state index contributed by atoms with van der Waals surface area (Å²) in [4.78, 5) is 11.0. The summed E-state index contributed by atoms with van der Waals surface area (Å²) in [6.45, 7) is 7.12. The van der Waals surface area contributed by atoms with Gasteiger partial charge in [-0.3, -0.25) is 4.98 Å². The van der Waals surface area contributed by atoms with E-state index in [0.29, 0.717) is 5.92 Å². The van der Waals surface area contributed by atoms with Gasteiger partial charge in [0, 0.05) is 37.9 Å². The van der Waals surface area contributed by atoms with E-state index < -0.39 is 0 Å². The largest absolute Gasteiger partial charge is 0.347 e. The van der Waals surface area contributed by atoms with Crippen molar-refractivity contribution in [3.63, 3.8) is 0 Å². The Labute approximate surface area is 124 Å². The van der Waals surface area contributed by atoms with Crippen LogP contribution in [0.5, 0.6) is 0 Å². The second-order valence-electron chi connectivity index (χ2n) is 5.36. The van der Waals surface area contributed by atoms with Crippen molar-refractivity contribution in [3.05, 3.63) is 41.2 Å². The van der Waals surface area contributed by atoms with Crippen molar-refractivity contribution >= 4 is 16.5 Å². The predicted molar refractivity (Wildman–Crippen MR) is 85.0 cm³/mol. The summed E-state index contributed by atoms with van der Waals surface area (Å²) in [6.07, 6.45) is 3.70. The Hall–Kier alpha value is -1.46. The summed E-state index contributed by atoms with van der Waals surface area (Å²) >= 11 is 1.69. The number of aromatic nitrogens is 2. The highest BCUT2D eigenvalue weighted by Gasteiger charge is 2.07. The zero-order valence-corrected chi connectivity index (χ0v) is 13.2. The summed E-state index contributed by atoms with van der Waals surface area (Å²) in [5, 5.41) is 6.60. The molecule has 2 aromatic rings. The van der Waals surface area contributed by atoms with Crippen molar-refractivity contribution in [1.82, 2.24) is 15.3 Å². The first-order valence-corrected chi connectivity index (χ1v) is 7.78. The van der Waals surface area contributed by atoms with Crippen molar-refractivity contribution in [2.24, 2.45) is 5.92 Å². The Kier molecular flexibility index (Phi) is 5.49. The fraction of sp³-hybridized carbons (Fsp3) is 0.467. The number of pyridine rings is 1. The van der Waals surface area contributed by atoms with Crippen LogP contribution in [0.1, 0.15) is 25.1 Å². The molecule has 0 amide bonds. The number of rotatable bonds is 7. The third kappa shape index (κ3) is 4.58. The minimum absolute atomic E-state index is 0.668. The molecule has 0 saturated heterocycles. The van der Waals surface area contributed by atoms with Crippen molar-refractivity contribution in [1.29, 1.82) is 0 Å². The molecule has 0 fully saturated rings. The zero-order chi connectivity index (χ0) is 14.4. The van der Waals surface area contributed by atoms with Crippen molar-refractivity contribution in [3.8, 4) is 0 Å². The molecule has 2 aromatic heterocycles. The number of anilines is 1. The molecular formula is C15H22N4S. The summed E-state index contributed by atoms with van der Waals surface area (Å²) in [6, 6.07) is 4.05. The molecule has 0 aliphatic heterocycles. The molecule has 0 atom stereocenters. The summed E-state index contributed by atoms with van der Waals surface area (Å²) < 4.78 is 0. The Morgan fingerprint density at radius 3 is 2.95 bits per heavy atom. The monoisotopic (exact) mass is 290 g/mol. The van der Waals surface area contributed by atoms with E-state index in [1.54, 1.807) is 17.5 Å². The first-order chi connectivity index (χ1) is 9.65. The van der Waals surface area contributed by atoms with Crippen LogP contribution in [-0.4, -0.2) is 23.6 Å². The van der Waals surface area contributed by atoms with Crippen LogP contribution in [0, 0.1) is 5.92 Å². The van der Waals surface area contributed by atoms with E-state index in [1.165, 1.54) is 5.56 Å². The first kappa shape index (κ1) is 14.9. The van der Waals surface area contributed by atoms with Gasteiger partial charge in [-0.25, -0.2) is 4.98 Å². The molecule has 5 heteroatoms. The number of hydrogen-bond donors (Lipinski definition) is 1. The predicted octanol–water partition coefficient (Wildman–Crippen LogP) is 2.92. The molecule has 108 valence electrons. The highest BCUT2D eigenvalue weighted by molar-refractivity contribution is 7.13. The van der Waals surface area contributed by atoms with E-state index >= 15 is 0 Å². The zero-order valence-electron chi connectivity index (χ0n) is 12.3. The van der Waals surface area contributed by atoms with E-state index in [9.17, 15) is 0 Å². The van der Waals surface area contributed by atoms with Crippen molar-refractivity contribution in [2.45, 2.75) is 26.9 Å². The first-order valence-electron chi connectivity index (χ1n) is 6.90. The Morgan fingerprint density at radius 2 is 2.25 bits per heavy atom. The second kappa shape index (κ2) is 7.36. The van der Waals surface area contributed by atoms with Gasteiger partial charge in [-0.05, 0) is 24.1 Å². The van der Waals surface area contributed by atoms with Gasteiger partial charge >= 0.3 is 0 Å². The molecule has 20 heavy (non-hydrogen) atoms. The Morgan fingerprint density at radius 1 is 1.40 bits per heavy atom. The molecule has 0 saturated carbocycles. The molecule has 2 heterocycles.